The Bertz CT molecular complexity index is 893. The summed E-state index contributed by atoms with van der Waals surface area (Å²) in [7, 11) is 0. The summed E-state index contributed by atoms with van der Waals surface area (Å²) < 4.78 is 10.5. The van der Waals surface area contributed by atoms with Crippen molar-refractivity contribution in [3.05, 3.63) is 53.6 Å². The quantitative estimate of drug-likeness (QED) is 0.391. The lowest BCUT2D eigenvalue weighted by molar-refractivity contribution is -0.271. The number of carbonyl (C=O) groups is 1. The van der Waals surface area contributed by atoms with Crippen LogP contribution in [0.2, 0.25) is 0 Å². The van der Waals surface area contributed by atoms with Crippen LogP contribution in [-0.2, 0) is 9.53 Å². The molecule has 0 aliphatic carbocycles. The number of hydrogen-bond donors (Lipinski definition) is 6. The maximum atomic E-state index is 11.2. The fraction of sp³-hybridized carbons (Fsp3) is 0.250. The molecule has 29 heavy (non-hydrogen) atoms. The molecule has 1 aliphatic rings. The van der Waals surface area contributed by atoms with Gasteiger partial charge in [0.05, 0.1) is 0 Å². The van der Waals surface area contributed by atoms with E-state index in [0.29, 0.717) is 5.56 Å². The van der Waals surface area contributed by atoms with Crippen LogP contribution in [-0.4, -0.2) is 67.3 Å². The minimum atomic E-state index is -1.82. The van der Waals surface area contributed by atoms with Gasteiger partial charge in [0.25, 0.3) is 0 Å². The molecule has 0 aromatic heterocycles. The average molecular weight is 404 g/mol. The van der Waals surface area contributed by atoms with Gasteiger partial charge in [-0.3, -0.25) is 0 Å². The molecular formula is C20H20O9. The van der Waals surface area contributed by atoms with Crippen LogP contribution in [0.5, 0.6) is 17.2 Å². The SMILES string of the molecule is O=C(O)[C@@H]1O[C@H](Oc2cc(O)cc(/C=C/c3ccc(O)cc3)c2)[C@H](O)[C@H](O)[C@@H]1O. The van der Waals surface area contributed by atoms with E-state index in [1.165, 1.54) is 30.3 Å². The van der Waals surface area contributed by atoms with Crippen LogP contribution in [0.15, 0.2) is 42.5 Å². The highest BCUT2D eigenvalue weighted by atomic mass is 16.7. The van der Waals surface area contributed by atoms with Crippen LogP contribution in [0.25, 0.3) is 12.2 Å². The summed E-state index contributed by atoms with van der Waals surface area (Å²) in [6, 6.07) is 10.6. The predicted octanol–water partition coefficient (Wildman–Crippen LogP) is 0.539. The summed E-state index contributed by atoms with van der Waals surface area (Å²) >= 11 is 0. The van der Waals surface area contributed by atoms with Gasteiger partial charge in [-0.15, -0.1) is 0 Å². The normalized spacial score (nSPS) is 27.1. The fourth-order valence-corrected chi connectivity index (χ4v) is 2.83. The summed E-state index contributed by atoms with van der Waals surface area (Å²) in [5.74, 6) is -1.50. The molecule has 0 bridgehead atoms. The molecule has 0 unspecified atom stereocenters. The van der Waals surface area contributed by atoms with Crippen LogP contribution in [0, 0.1) is 0 Å². The maximum Gasteiger partial charge on any atom is 0.335 e. The highest BCUT2D eigenvalue weighted by Gasteiger charge is 2.48. The largest absolute Gasteiger partial charge is 0.508 e. The van der Waals surface area contributed by atoms with E-state index in [9.17, 15) is 30.3 Å². The molecule has 3 rings (SSSR count). The minimum absolute atomic E-state index is 0.0483. The van der Waals surface area contributed by atoms with E-state index >= 15 is 0 Å². The number of aliphatic hydroxyl groups is 3. The third-order valence-corrected chi connectivity index (χ3v) is 4.34. The van der Waals surface area contributed by atoms with Gasteiger partial charge in [-0.2, -0.15) is 0 Å². The van der Waals surface area contributed by atoms with Gasteiger partial charge < -0.3 is 40.1 Å². The third kappa shape index (κ3) is 4.84. The van der Waals surface area contributed by atoms with Crippen LogP contribution in [0.3, 0.4) is 0 Å². The van der Waals surface area contributed by atoms with Gasteiger partial charge in [-0.05, 0) is 35.4 Å². The van der Waals surface area contributed by atoms with Crippen molar-refractivity contribution in [3.63, 3.8) is 0 Å². The molecule has 5 atom stereocenters. The maximum absolute atomic E-state index is 11.2. The lowest BCUT2D eigenvalue weighted by atomic mass is 9.99. The van der Waals surface area contributed by atoms with E-state index < -0.39 is 36.7 Å². The van der Waals surface area contributed by atoms with Crippen molar-refractivity contribution in [3.8, 4) is 17.2 Å². The minimum Gasteiger partial charge on any atom is -0.508 e. The van der Waals surface area contributed by atoms with E-state index in [0.717, 1.165) is 5.56 Å². The molecule has 9 heteroatoms. The van der Waals surface area contributed by atoms with E-state index in [1.807, 2.05) is 0 Å². The van der Waals surface area contributed by atoms with E-state index in [2.05, 4.69) is 0 Å². The highest BCUT2D eigenvalue weighted by Crippen LogP contribution is 2.28. The number of phenols is 2. The van der Waals surface area contributed by atoms with Crippen LogP contribution >= 0.6 is 0 Å². The summed E-state index contributed by atoms with van der Waals surface area (Å²) in [5.41, 5.74) is 1.31. The van der Waals surface area contributed by atoms with Crippen molar-refractivity contribution in [1.82, 2.24) is 0 Å². The molecule has 0 spiro atoms. The first-order valence-electron chi connectivity index (χ1n) is 8.65. The molecule has 1 aliphatic heterocycles. The summed E-state index contributed by atoms with van der Waals surface area (Å²) in [4.78, 5) is 11.2. The standard InChI is InChI=1S/C20H20O9/c21-12-5-3-10(4-6-12)1-2-11-7-13(22)9-14(8-11)28-20-17(25)15(23)16(24)18(29-20)19(26)27/h1-9,15-18,20-25H,(H,26,27)/b2-1+/t15-,16+,17-,18-,20+/m1/s1. The van der Waals surface area contributed by atoms with Gasteiger partial charge >= 0.3 is 5.97 Å². The van der Waals surface area contributed by atoms with Gasteiger partial charge in [0.15, 0.2) is 6.10 Å². The second-order valence-electron chi connectivity index (χ2n) is 6.54. The van der Waals surface area contributed by atoms with Crippen molar-refractivity contribution in [1.29, 1.82) is 0 Å². The third-order valence-electron chi connectivity index (χ3n) is 4.34. The van der Waals surface area contributed by atoms with Crippen molar-refractivity contribution in [2.75, 3.05) is 0 Å². The molecule has 0 radical (unpaired) electrons. The number of aliphatic hydroxyl groups excluding tert-OH is 3. The Balaban J connectivity index is 1.78. The second kappa shape index (κ2) is 8.50. The second-order valence-corrected chi connectivity index (χ2v) is 6.54. The van der Waals surface area contributed by atoms with Gasteiger partial charge in [0.2, 0.25) is 6.29 Å². The van der Waals surface area contributed by atoms with Crippen molar-refractivity contribution >= 4 is 18.1 Å². The molecule has 2 aromatic carbocycles. The number of ether oxygens (including phenoxy) is 2. The number of rotatable bonds is 5. The first kappa shape index (κ1) is 20.6. The molecule has 154 valence electrons. The smallest absolute Gasteiger partial charge is 0.335 e. The first-order valence-corrected chi connectivity index (χ1v) is 8.65. The highest BCUT2D eigenvalue weighted by molar-refractivity contribution is 5.73. The lowest BCUT2D eigenvalue weighted by Gasteiger charge is -2.38. The van der Waals surface area contributed by atoms with Gasteiger partial charge in [0, 0.05) is 6.07 Å². The number of aromatic hydroxyl groups is 2. The average Bonchev–Trinajstić information content (AvgIpc) is 2.67. The Morgan fingerprint density at radius 1 is 0.862 bits per heavy atom. The lowest BCUT2D eigenvalue weighted by Crippen LogP contribution is -2.61. The van der Waals surface area contributed by atoms with Crippen LogP contribution in [0.4, 0.5) is 0 Å². The first-order chi connectivity index (χ1) is 13.7. The summed E-state index contributed by atoms with van der Waals surface area (Å²) in [5, 5.41) is 57.9. The zero-order chi connectivity index (χ0) is 21.1. The van der Waals surface area contributed by atoms with Crippen molar-refractivity contribution in [2.45, 2.75) is 30.7 Å². The zero-order valence-corrected chi connectivity index (χ0v) is 15.0. The molecular weight excluding hydrogens is 384 g/mol. The molecule has 9 nitrogen and oxygen atoms in total. The Kier molecular flexibility index (Phi) is 6.04. The van der Waals surface area contributed by atoms with Crippen molar-refractivity contribution < 1.29 is 44.9 Å². The number of aliphatic carboxylic acids is 1. The molecule has 0 saturated carbocycles. The Labute approximate surface area is 165 Å². The van der Waals surface area contributed by atoms with E-state index in [1.54, 1.807) is 24.3 Å². The number of carboxylic acids is 1. The monoisotopic (exact) mass is 404 g/mol. The van der Waals surface area contributed by atoms with Gasteiger partial charge in [-0.1, -0.05) is 24.3 Å². The van der Waals surface area contributed by atoms with E-state index in [-0.39, 0.29) is 17.2 Å². The Hall–Kier alpha value is -3.11. The Morgan fingerprint density at radius 2 is 1.52 bits per heavy atom. The number of phenolic OH excluding ortho intramolecular Hbond substituents is 2. The van der Waals surface area contributed by atoms with Gasteiger partial charge in [0.1, 0.15) is 35.6 Å². The summed E-state index contributed by atoms with van der Waals surface area (Å²) in [6.45, 7) is 0. The van der Waals surface area contributed by atoms with E-state index in [4.69, 9.17) is 14.6 Å². The number of carboxylic acid groups (broad SMARTS) is 1. The van der Waals surface area contributed by atoms with Gasteiger partial charge in [-0.25, -0.2) is 4.79 Å². The number of hydrogen-bond acceptors (Lipinski definition) is 8. The fourth-order valence-electron chi connectivity index (χ4n) is 2.83. The van der Waals surface area contributed by atoms with Crippen molar-refractivity contribution in [2.24, 2.45) is 0 Å². The van der Waals surface area contributed by atoms with Crippen LogP contribution in [0.1, 0.15) is 11.1 Å². The topological polar surface area (TPSA) is 157 Å². The molecule has 6 N–H and O–H groups in total. The molecule has 1 saturated heterocycles. The molecule has 1 heterocycles. The molecule has 1 fully saturated rings. The predicted molar refractivity (Wildman–Crippen MR) is 100 cm³/mol. The molecule has 0 amide bonds. The Morgan fingerprint density at radius 3 is 2.17 bits per heavy atom. The zero-order valence-electron chi connectivity index (χ0n) is 15.0. The van der Waals surface area contributed by atoms with Crippen LogP contribution < -0.4 is 4.74 Å². The summed E-state index contributed by atoms with van der Waals surface area (Å²) in [6.07, 6.45) is -5.30. The number of benzene rings is 2. The molecule has 2 aromatic rings.